The monoisotopic (exact) mass is 415 g/mol. The van der Waals surface area contributed by atoms with Gasteiger partial charge < -0.3 is 15.2 Å². The smallest absolute Gasteiger partial charge is 0.250 e. The van der Waals surface area contributed by atoms with Crippen molar-refractivity contribution in [3.63, 3.8) is 0 Å². The largest absolute Gasteiger partial charge is 0.325 e. The number of carbonyl (C=O) groups is 1. The molecule has 8 heteroatoms. The third-order valence-electron chi connectivity index (χ3n) is 4.52. The third kappa shape index (κ3) is 4.80. The quantitative estimate of drug-likeness (QED) is 0.785. The molecule has 0 saturated carbocycles. The van der Waals surface area contributed by atoms with Crippen LogP contribution in [0.25, 0.3) is 0 Å². The predicted molar refractivity (Wildman–Crippen MR) is 108 cm³/mol. The number of amides is 1. The van der Waals surface area contributed by atoms with Crippen LogP contribution >= 0.6 is 35.6 Å². The summed E-state index contributed by atoms with van der Waals surface area (Å²) in [7, 11) is 0. The van der Waals surface area contributed by atoms with Crippen LogP contribution in [0.2, 0.25) is 10.0 Å². The van der Waals surface area contributed by atoms with Gasteiger partial charge in [0.1, 0.15) is 0 Å². The first-order valence-electron chi connectivity index (χ1n) is 8.10. The number of halogens is 3. The van der Waals surface area contributed by atoms with Crippen LogP contribution in [0.3, 0.4) is 0 Å². The fourth-order valence-electron chi connectivity index (χ4n) is 2.70. The highest BCUT2D eigenvalue weighted by molar-refractivity contribution is 6.42. The molecule has 2 aromatic rings. The molecule has 0 bridgehead atoms. The number of anilines is 1. The molecule has 1 aliphatic rings. The highest BCUT2D eigenvalue weighted by Crippen LogP contribution is 2.23. The molecule has 2 N–H and O–H groups in total. The van der Waals surface area contributed by atoms with E-state index < -0.39 is 0 Å². The number of hydrogen-bond acceptors (Lipinski definition) is 3. The molecule has 0 radical (unpaired) electrons. The van der Waals surface area contributed by atoms with Crippen molar-refractivity contribution in [2.75, 3.05) is 18.4 Å². The number of hydrogen-bond donors (Lipinski definition) is 2. The van der Waals surface area contributed by atoms with E-state index in [9.17, 15) is 9.59 Å². The lowest BCUT2D eigenvalue weighted by Gasteiger charge is -2.31. The van der Waals surface area contributed by atoms with Gasteiger partial charge >= 0.3 is 0 Å². The van der Waals surface area contributed by atoms with Gasteiger partial charge in [-0.3, -0.25) is 9.59 Å². The van der Waals surface area contributed by atoms with E-state index >= 15 is 0 Å². The predicted octanol–water partition coefficient (Wildman–Crippen LogP) is 3.42. The number of carbonyl (C=O) groups excluding carboxylic acids is 1. The number of pyridine rings is 1. The van der Waals surface area contributed by atoms with E-state index in [-0.39, 0.29) is 29.8 Å². The van der Waals surface area contributed by atoms with Crippen molar-refractivity contribution < 1.29 is 4.79 Å². The topological polar surface area (TPSA) is 63.1 Å². The van der Waals surface area contributed by atoms with Crippen LogP contribution in [0, 0.1) is 11.8 Å². The molecule has 1 atom stereocenters. The molecule has 26 heavy (non-hydrogen) atoms. The van der Waals surface area contributed by atoms with E-state index in [0.29, 0.717) is 28.2 Å². The summed E-state index contributed by atoms with van der Waals surface area (Å²) in [5, 5.41) is 6.97. The van der Waals surface area contributed by atoms with E-state index in [2.05, 4.69) is 10.6 Å². The Morgan fingerprint density at radius 3 is 2.62 bits per heavy atom. The standard InChI is InChI=1S/C18H19Cl2N3O2.ClH/c1-11(13-7-21-8-13)18(25)22-14-3-5-17(24)23(10-14)9-12-2-4-15(19)16(20)6-12;/h2-6,10-11,13,21H,7-9H2,1H3,(H,22,25);1H. The second kappa shape index (κ2) is 8.91. The van der Waals surface area contributed by atoms with Crippen molar-refractivity contribution >= 4 is 47.2 Å². The van der Waals surface area contributed by atoms with Crippen LogP contribution in [0.4, 0.5) is 5.69 Å². The lowest BCUT2D eigenvalue weighted by Crippen LogP contribution is -2.48. The summed E-state index contributed by atoms with van der Waals surface area (Å²) >= 11 is 11.9. The summed E-state index contributed by atoms with van der Waals surface area (Å²) in [6.45, 7) is 4.00. The highest BCUT2D eigenvalue weighted by Gasteiger charge is 2.28. The summed E-state index contributed by atoms with van der Waals surface area (Å²) in [4.78, 5) is 24.4. The van der Waals surface area contributed by atoms with Gasteiger partial charge in [-0.2, -0.15) is 0 Å². The second-order valence-corrected chi connectivity index (χ2v) is 7.14. The number of benzene rings is 1. The van der Waals surface area contributed by atoms with Gasteiger partial charge in [0.25, 0.3) is 5.56 Å². The Bertz CT molecular complexity index is 850. The molecule has 1 saturated heterocycles. The Labute approximate surface area is 168 Å². The minimum atomic E-state index is -0.152. The van der Waals surface area contributed by atoms with Gasteiger partial charge in [-0.25, -0.2) is 0 Å². The molecule has 5 nitrogen and oxygen atoms in total. The van der Waals surface area contributed by atoms with Crippen LogP contribution < -0.4 is 16.2 Å². The summed E-state index contributed by atoms with van der Waals surface area (Å²) in [6, 6.07) is 8.31. The Balaban J connectivity index is 0.00000243. The molecule has 2 heterocycles. The first-order valence-corrected chi connectivity index (χ1v) is 8.85. The van der Waals surface area contributed by atoms with Crippen LogP contribution in [-0.4, -0.2) is 23.6 Å². The summed E-state index contributed by atoms with van der Waals surface area (Å²) < 4.78 is 1.53. The molecule has 1 aromatic carbocycles. The van der Waals surface area contributed by atoms with Gasteiger partial charge in [0, 0.05) is 18.2 Å². The fourth-order valence-corrected chi connectivity index (χ4v) is 3.02. The van der Waals surface area contributed by atoms with Gasteiger partial charge in [0.2, 0.25) is 5.91 Å². The van der Waals surface area contributed by atoms with Gasteiger partial charge in [-0.05, 0) is 42.8 Å². The number of aromatic nitrogens is 1. The first-order chi connectivity index (χ1) is 11.9. The van der Waals surface area contributed by atoms with E-state index in [1.165, 1.54) is 10.6 Å². The average molecular weight is 417 g/mol. The maximum absolute atomic E-state index is 12.3. The van der Waals surface area contributed by atoms with Crippen molar-refractivity contribution in [2.24, 2.45) is 11.8 Å². The number of nitrogens with one attached hydrogen (secondary N) is 2. The minimum absolute atomic E-state index is 0. The summed E-state index contributed by atoms with van der Waals surface area (Å²) in [6.07, 6.45) is 1.65. The molecular formula is C18H20Cl3N3O2. The van der Waals surface area contributed by atoms with Gasteiger partial charge in [0.05, 0.1) is 22.3 Å². The third-order valence-corrected chi connectivity index (χ3v) is 5.26. The molecule has 1 aliphatic heterocycles. The lowest BCUT2D eigenvalue weighted by molar-refractivity contribution is -0.121. The van der Waals surface area contributed by atoms with Gasteiger partial charge in [0.15, 0.2) is 0 Å². The molecule has 1 amide bonds. The molecule has 0 spiro atoms. The Morgan fingerprint density at radius 1 is 1.27 bits per heavy atom. The Morgan fingerprint density at radius 2 is 2.00 bits per heavy atom. The van der Waals surface area contributed by atoms with E-state index in [4.69, 9.17) is 23.2 Å². The maximum atomic E-state index is 12.3. The van der Waals surface area contributed by atoms with Crippen LogP contribution in [-0.2, 0) is 11.3 Å². The zero-order chi connectivity index (χ0) is 18.0. The zero-order valence-electron chi connectivity index (χ0n) is 14.2. The van der Waals surface area contributed by atoms with Crippen LogP contribution in [0.5, 0.6) is 0 Å². The molecule has 140 valence electrons. The normalized spacial score (nSPS) is 14.9. The number of rotatable bonds is 5. The van der Waals surface area contributed by atoms with Gasteiger partial charge in [-0.15, -0.1) is 12.4 Å². The Hall–Kier alpha value is -1.53. The summed E-state index contributed by atoms with van der Waals surface area (Å²) in [5.74, 6) is 0.255. The molecule has 1 unspecified atom stereocenters. The molecule has 3 rings (SSSR count). The van der Waals surface area contributed by atoms with E-state index in [0.717, 1.165) is 18.7 Å². The molecule has 0 aliphatic carbocycles. The first kappa shape index (κ1) is 20.8. The van der Waals surface area contributed by atoms with Crippen LogP contribution in [0.1, 0.15) is 12.5 Å². The van der Waals surface area contributed by atoms with E-state index in [1.54, 1.807) is 24.4 Å². The Kier molecular flexibility index (Phi) is 7.12. The molecule has 1 fully saturated rings. The average Bonchev–Trinajstić information content (AvgIpc) is 2.52. The minimum Gasteiger partial charge on any atom is -0.325 e. The van der Waals surface area contributed by atoms with Crippen molar-refractivity contribution in [3.8, 4) is 0 Å². The van der Waals surface area contributed by atoms with Crippen molar-refractivity contribution in [1.82, 2.24) is 9.88 Å². The zero-order valence-corrected chi connectivity index (χ0v) is 16.5. The van der Waals surface area contributed by atoms with Gasteiger partial charge in [-0.1, -0.05) is 36.2 Å². The van der Waals surface area contributed by atoms with Crippen molar-refractivity contribution in [1.29, 1.82) is 0 Å². The number of nitrogens with zero attached hydrogens (tertiary/aromatic N) is 1. The lowest BCUT2D eigenvalue weighted by atomic mass is 9.88. The van der Waals surface area contributed by atoms with E-state index in [1.807, 2.05) is 13.0 Å². The SMILES string of the molecule is CC(C(=O)Nc1ccc(=O)n(Cc2ccc(Cl)c(Cl)c2)c1)C1CNC1.Cl. The fraction of sp³-hybridized carbons (Fsp3) is 0.333. The van der Waals surface area contributed by atoms with Crippen LogP contribution in [0.15, 0.2) is 41.3 Å². The van der Waals surface area contributed by atoms with Crippen molar-refractivity contribution in [2.45, 2.75) is 13.5 Å². The van der Waals surface area contributed by atoms with Crippen molar-refractivity contribution in [3.05, 3.63) is 62.5 Å². The molecule has 1 aromatic heterocycles. The molecular weight excluding hydrogens is 397 g/mol. The maximum Gasteiger partial charge on any atom is 0.250 e. The second-order valence-electron chi connectivity index (χ2n) is 6.33. The summed E-state index contributed by atoms with van der Waals surface area (Å²) in [5.41, 5.74) is 1.30. The highest BCUT2D eigenvalue weighted by atomic mass is 35.5.